The molecule has 4 nitrogen and oxygen atoms in total. The number of aromatic nitrogens is 1. The molecular formula is C19H25FN2O2. The molecule has 1 aromatic heterocycles. The van der Waals surface area contributed by atoms with E-state index >= 15 is 0 Å². The van der Waals surface area contributed by atoms with E-state index in [0.717, 1.165) is 31.2 Å². The molecule has 2 N–H and O–H groups in total. The molecule has 0 bridgehead atoms. The third-order valence-electron chi connectivity index (χ3n) is 4.19. The number of halogens is 1. The number of hydrogen-bond donors (Lipinski definition) is 2. The third kappa shape index (κ3) is 5.58. The fourth-order valence-electron chi connectivity index (χ4n) is 2.73. The Kier molecular flexibility index (Phi) is 7.15. The van der Waals surface area contributed by atoms with E-state index in [1.807, 2.05) is 19.2 Å². The largest absolute Gasteiger partial charge is 0.497 e. The van der Waals surface area contributed by atoms with Crippen molar-refractivity contribution < 1.29 is 14.2 Å². The summed E-state index contributed by atoms with van der Waals surface area (Å²) in [6.45, 7) is 0. The second-order valence-electron chi connectivity index (χ2n) is 5.92. The van der Waals surface area contributed by atoms with Gasteiger partial charge in [0, 0.05) is 17.8 Å². The van der Waals surface area contributed by atoms with Gasteiger partial charge in [-0.25, -0.2) is 4.39 Å². The molecule has 2 rings (SSSR count). The van der Waals surface area contributed by atoms with Gasteiger partial charge in [0.05, 0.1) is 19.4 Å². The molecule has 1 heterocycles. The number of pyridine rings is 1. The lowest BCUT2D eigenvalue weighted by molar-refractivity contribution is 0.161. The third-order valence-corrected chi connectivity index (χ3v) is 4.19. The Labute approximate surface area is 142 Å². The number of nitrogens with zero attached hydrogens (tertiary/aromatic N) is 1. The molecule has 0 aliphatic rings. The molecule has 0 saturated heterocycles. The van der Waals surface area contributed by atoms with Crippen molar-refractivity contribution in [3.8, 4) is 5.75 Å². The Morgan fingerprint density at radius 3 is 2.58 bits per heavy atom. The molecule has 2 atom stereocenters. The Hall–Kier alpha value is -1.98. The predicted octanol–water partition coefficient (Wildman–Crippen LogP) is 3.26. The van der Waals surface area contributed by atoms with E-state index in [1.165, 1.54) is 17.8 Å². The van der Waals surface area contributed by atoms with Crippen LogP contribution >= 0.6 is 0 Å². The summed E-state index contributed by atoms with van der Waals surface area (Å²) in [6.07, 6.45) is 5.26. The van der Waals surface area contributed by atoms with Crippen LogP contribution in [0.4, 0.5) is 4.39 Å². The monoisotopic (exact) mass is 332 g/mol. The number of nitrogens with one attached hydrogen (secondary N) is 1. The van der Waals surface area contributed by atoms with Gasteiger partial charge in [-0.15, -0.1) is 0 Å². The van der Waals surface area contributed by atoms with Crippen LogP contribution in [0.15, 0.2) is 42.7 Å². The highest BCUT2D eigenvalue weighted by atomic mass is 19.1. The maximum absolute atomic E-state index is 13.1. The van der Waals surface area contributed by atoms with Gasteiger partial charge in [-0.1, -0.05) is 12.1 Å². The van der Waals surface area contributed by atoms with Crippen molar-refractivity contribution in [2.75, 3.05) is 14.2 Å². The van der Waals surface area contributed by atoms with Crippen LogP contribution in [0, 0.1) is 5.82 Å². The number of benzene rings is 1. The molecule has 0 fully saturated rings. The van der Waals surface area contributed by atoms with Crippen LogP contribution in [0.25, 0.3) is 0 Å². The zero-order valence-electron chi connectivity index (χ0n) is 14.2. The topological polar surface area (TPSA) is 54.4 Å². The fraction of sp³-hybridized carbons (Fsp3) is 0.421. The van der Waals surface area contributed by atoms with Gasteiger partial charge in [0.25, 0.3) is 0 Å². The van der Waals surface area contributed by atoms with Crippen molar-refractivity contribution in [1.29, 1.82) is 0 Å². The van der Waals surface area contributed by atoms with E-state index in [4.69, 9.17) is 4.74 Å². The van der Waals surface area contributed by atoms with Crippen molar-refractivity contribution >= 4 is 0 Å². The van der Waals surface area contributed by atoms with E-state index in [2.05, 4.69) is 22.4 Å². The molecular weight excluding hydrogens is 307 g/mol. The Morgan fingerprint density at radius 2 is 1.96 bits per heavy atom. The second-order valence-corrected chi connectivity index (χ2v) is 5.92. The van der Waals surface area contributed by atoms with Crippen molar-refractivity contribution in [3.05, 3.63) is 59.7 Å². The van der Waals surface area contributed by atoms with Gasteiger partial charge in [-0.05, 0) is 56.5 Å². The molecule has 0 amide bonds. The first-order chi connectivity index (χ1) is 11.6. The Balaban J connectivity index is 1.80. The minimum atomic E-state index is -0.674. The number of likely N-dealkylation sites (N-methyl/N-ethyl adjacent to an activating group) is 1. The number of aliphatic hydroxyl groups is 1. The summed E-state index contributed by atoms with van der Waals surface area (Å²) in [7, 11) is 3.60. The minimum Gasteiger partial charge on any atom is -0.497 e. The smallest absolute Gasteiger partial charge is 0.141 e. The molecule has 2 aromatic rings. The van der Waals surface area contributed by atoms with E-state index in [1.54, 1.807) is 7.11 Å². The summed E-state index contributed by atoms with van der Waals surface area (Å²) in [5, 5.41) is 13.5. The van der Waals surface area contributed by atoms with Crippen LogP contribution in [0.2, 0.25) is 0 Å². The summed E-state index contributed by atoms with van der Waals surface area (Å²) < 4.78 is 18.3. The molecule has 0 saturated carbocycles. The van der Waals surface area contributed by atoms with Crippen LogP contribution in [0.1, 0.15) is 36.5 Å². The molecule has 5 heteroatoms. The summed E-state index contributed by atoms with van der Waals surface area (Å²) in [4.78, 5) is 3.78. The molecule has 0 aliphatic carbocycles. The normalized spacial score (nSPS) is 13.5. The first-order valence-electron chi connectivity index (χ1n) is 8.21. The van der Waals surface area contributed by atoms with Gasteiger partial charge in [0.1, 0.15) is 11.6 Å². The maximum Gasteiger partial charge on any atom is 0.141 e. The second kappa shape index (κ2) is 9.35. The van der Waals surface area contributed by atoms with E-state index in [9.17, 15) is 9.50 Å². The first kappa shape index (κ1) is 18.4. The van der Waals surface area contributed by atoms with Gasteiger partial charge in [0.2, 0.25) is 0 Å². The molecule has 0 unspecified atom stereocenters. The standard InChI is InChI=1S/C19H25FN2O2/c1-21-17(10-14-6-8-18(24-2)9-7-14)4-3-5-19(23)15-11-16(20)13-22-12-15/h6-9,11-13,17,19,21,23H,3-5,10H2,1-2H3/t17-,19+/m1/s1. The number of hydrogen-bond acceptors (Lipinski definition) is 4. The number of rotatable bonds is 9. The average molecular weight is 332 g/mol. The zero-order chi connectivity index (χ0) is 17.4. The van der Waals surface area contributed by atoms with Crippen molar-refractivity contribution in [3.63, 3.8) is 0 Å². The molecule has 1 aromatic carbocycles. The molecule has 24 heavy (non-hydrogen) atoms. The number of aliphatic hydroxyl groups excluding tert-OH is 1. The van der Waals surface area contributed by atoms with Crippen molar-refractivity contribution in [2.45, 2.75) is 37.8 Å². The Morgan fingerprint density at radius 1 is 1.21 bits per heavy atom. The van der Waals surface area contributed by atoms with E-state index < -0.39 is 11.9 Å². The summed E-state index contributed by atoms with van der Waals surface area (Å²) in [6, 6.07) is 9.72. The van der Waals surface area contributed by atoms with Gasteiger partial charge < -0.3 is 15.2 Å². The number of methoxy groups -OCH3 is 1. The highest BCUT2D eigenvalue weighted by Crippen LogP contribution is 2.20. The fourth-order valence-corrected chi connectivity index (χ4v) is 2.73. The zero-order valence-corrected chi connectivity index (χ0v) is 14.2. The molecule has 0 aliphatic heterocycles. The first-order valence-corrected chi connectivity index (χ1v) is 8.21. The lowest BCUT2D eigenvalue weighted by Crippen LogP contribution is -2.27. The van der Waals surface area contributed by atoms with Gasteiger partial charge in [-0.3, -0.25) is 4.98 Å². The predicted molar refractivity (Wildman–Crippen MR) is 92.6 cm³/mol. The van der Waals surface area contributed by atoms with Crippen LogP contribution in [0.5, 0.6) is 5.75 Å². The van der Waals surface area contributed by atoms with Gasteiger partial charge >= 0.3 is 0 Å². The highest BCUT2D eigenvalue weighted by molar-refractivity contribution is 5.27. The average Bonchev–Trinajstić information content (AvgIpc) is 2.61. The highest BCUT2D eigenvalue weighted by Gasteiger charge is 2.12. The van der Waals surface area contributed by atoms with Crippen LogP contribution < -0.4 is 10.1 Å². The SMILES string of the molecule is CN[C@H](CCC[C@H](O)c1cncc(F)c1)Cc1ccc(OC)cc1. The summed E-state index contributed by atoms with van der Waals surface area (Å²) in [5.41, 5.74) is 1.77. The summed E-state index contributed by atoms with van der Waals surface area (Å²) >= 11 is 0. The maximum atomic E-state index is 13.1. The quantitative estimate of drug-likeness (QED) is 0.740. The lowest BCUT2D eigenvalue weighted by atomic mass is 9.98. The lowest BCUT2D eigenvalue weighted by Gasteiger charge is -2.18. The van der Waals surface area contributed by atoms with Gasteiger partial charge in [0.15, 0.2) is 0 Å². The van der Waals surface area contributed by atoms with Crippen LogP contribution in [-0.4, -0.2) is 30.3 Å². The molecule has 0 spiro atoms. The van der Waals surface area contributed by atoms with Crippen molar-refractivity contribution in [1.82, 2.24) is 10.3 Å². The van der Waals surface area contributed by atoms with E-state index in [-0.39, 0.29) is 0 Å². The summed E-state index contributed by atoms with van der Waals surface area (Å²) in [5.74, 6) is 0.436. The van der Waals surface area contributed by atoms with Crippen molar-refractivity contribution in [2.24, 2.45) is 0 Å². The molecule has 130 valence electrons. The number of ether oxygens (including phenoxy) is 1. The molecule has 0 radical (unpaired) electrons. The van der Waals surface area contributed by atoms with Crippen LogP contribution in [0.3, 0.4) is 0 Å². The Bertz CT molecular complexity index is 619. The van der Waals surface area contributed by atoms with Crippen LogP contribution in [-0.2, 0) is 6.42 Å². The minimum absolute atomic E-state index is 0.330. The van der Waals surface area contributed by atoms with Gasteiger partial charge in [-0.2, -0.15) is 0 Å². The van der Waals surface area contributed by atoms with E-state index in [0.29, 0.717) is 18.0 Å².